The molecule has 3 rings (SSSR count). The predicted octanol–water partition coefficient (Wildman–Crippen LogP) is 2.70. The molecule has 0 aliphatic rings. The van der Waals surface area contributed by atoms with E-state index in [0.29, 0.717) is 11.5 Å². The minimum atomic E-state index is -4.41. The maximum atomic E-state index is 12.7. The van der Waals surface area contributed by atoms with Crippen LogP contribution in [0.1, 0.15) is 17.0 Å². The van der Waals surface area contributed by atoms with Crippen LogP contribution in [0.25, 0.3) is 11.4 Å². The molecule has 2 heterocycles. The van der Waals surface area contributed by atoms with Gasteiger partial charge in [0, 0.05) is 11.6 Å². The average molecular weight is 309 g/mol. The largest absolute Gasteiger partial charge is 0.416 e. The van der Waals surface area contributed by atoms with Gasteiger partial charge in [0.15, 0.2) is 0 Å². The van der Waals surface area contributed by atoms with Gasteiger partial charge in [0.05, 0.1) is 5.56 Å². The SMILES string of the molecule is Cc1cc(Cn2nnc(-c3cccc(C(F)(F)F)c3)n2)no1. The molecule has 0 amide bonds. The molecule has 0 aliphatic heterocycles. The highest BCUT2D eigenvalue weighted by atomic mass is 19.4. The molecule has 0 radical (unpaired) electrons. The molecule has 0 atom stereocenters. The molecule has 114 valence electrons. The number of rotatable bonds is 3. The van der Waals surface area contributed by atoms with E-state index >= 15 is 0 Å². The van der Waals surface area contributed by atoms with Crippen molar-refractivity contribution in [3.05, 3.63) is 47.3 Å². The zero-order valence-electron chi connectivity index (χ0n) is 11.4. The van der Waals surface area contributed by atoms with E-state index in [4.69, 9.17) is 4.52 Å². The van der Waals surface area contributed by atoms with Crippen molar-refractivity contribution in [1.82, 2.24) is 25.4 Å². The van der Waals surface area contributed by atoms with Gasteiger partial charge in [-0.2, -0.15) is 18.0 Å². The van der Waals surface area contributed by atoms with Crippen molar-refractivity contribution >= 4 is 0 Å². The first-order valence-corrected chi connectivity index (χ1v) is 6.29. The van der Waals surface area contributed by atoms with E-state index in [1.807, 2.05) is 0 Å². The highest BCUT2D eigenvalue weighted by Gasteiger charge is 2.30. The fraction of sp³-hybridized carbons (Fsp3) is 0.231. The van der Waals surface area contributed by atoms with Crippen LogP contribution in [-0.4, -0.2) is 25.4 Å². The lowest BCUT2D eigenvalue weighted by molar-refractivity contribution is -0.137. The van der Waals surface area contributed by atoms with E-state index in [1.54, 1.807) is 13.0 Å². The van der Waals surface area contributed by atoms with Crippen molar-refractivity contribution in [2.24, 2.45) is 0 Å². The second-order valence-corrected chi connectivity index (χ2v) is 4.65. The van der Waals surface area contributed by atoms with Gasteiger partial charge in [-0.15, -0.1) is 10.2 Å². The summed E-state index contributed by atoms with van der Waals surface area (Å²) in [4.78, 5) is 1.24. The first kappa shape index (κ1) is 14.2. The summed E-state index contributed by atoms with van der Waals surface area (Å²) in [5.74, 6) is 0.763. The third-order valence-electron chi connectivity index (χ3n) is 2.88. The van der Waals surface area contributed by atoms with Gasteiger partial charge in [0.25, 0.3) is 0 Å². The first-order chi connectivity index (χ1) is 10.4. The zero-order chi connectivity index (χ0) is 15.7. The Morgan fingerprint density at radius 3 is 2.73 bits per heavy atom. The second-order valence-electron chi connectivity index (χ2n) is 4.65. The van der Waals surface area contributed by atoms with Crippen LogP contribution in [0.2, 0.25) is 0 Å². The molecule has 2 aromatic heterocycles. The van der Waals surface area contributed by atoms with Crippen LogP contribution in [-0.2, 0) is 12.7 Å². The molecule has 0 aliphatic carbocycles. The molecule has 22 heavy (non-hydrogen) atoms. The zero-order valence-corrected chi connectivity index (χ0v) is 11.4. The van der Waals surface area contributed by atoms with Gasteiger partial charge >= 0.3 is 6.18 Å². The molecule has 9 heteroatoms. The average Bonchev–Trinajstić information content (AvgIpc) is 3.08. The Morgan fingerprint density at radius 2 is 2.05 bits per heavy atom. The standard InChI is InChI=1S/C13H10F3N5O/c1-8-5-11(19-22-8)7-21-18-12(17-20-21)9-3-2-4-10(6-9)13(14,15)16/h2-6H,7H2,1H3. The Kier molecular flexibility index (Phi) is 3.39. The molecule has 0 bridgehead atoms. The number of aromatic nitrogens is 5. The van der Waals surface area contributed by atoms with Crippen LogP contribution >= 0.6 is 0 Å². The Labute approximate surface area is 122 Å². The van der Waals surface area contributed by atoms with Gasteiger partial charge in [-0.05, 0) is 24.3 Å². The Bertz CT molecular complexity index is 793. The third-order valence-corrected chi connectivity index (χ3v) is 2.88. The normalized spacial score (nSPS) is 11.8. The molecule has 0 unspecified atom stereocenters. The van der Waals surface area contributed by atoms with E-state index in [9.17, 15) is 13.2 Å². The van der Waals surface area contributed by atoms with Gasteiger partial charge < -0.3 is 4.52 Å². The van der Waals surface area contributed by atoms with E-state index in [0.717, 1.165) is 12.1 Å². The van der Waals surface area contributed by atoms with Gasteiger partial charge in [0.2, 0.25) is 5.82 Å². The van der Waals surface area contributed by atoms with Crippen LogP contribution in [0.3, 0.4) is 0 Å². The fourth-order valence-corrected chi connectivity index (χ4v) is 1.90. The predicted molar refractivity (Wildman–Crippen MR) is 68.6 cm³/mol. The minimum absolute atomic E-state index is 0.117. The van der Waals surface area contributed by atoms with Crippen molar-refractivity contribution < 1.29 is 17.7 Å². The highest BCUT2D eigenvalue weighted by Crippen LogP contribution is 2.31. The number of benzene rings is 1. The molecule has 0 saturated heterocycles. The quantitative estimate of drug-likeness (QED) is 0.744. The summed E-state index contributed by atoms with van der Waals surface area (Å²) >= 11 is 0. The highest BCUT2D eigenvalue weighted by molar-refractivity contribution is 5.55. The second kappa shape index (κ2) is 5.24. The number of tetrazole rings is 1. The molecule has 1 aromatic carbocycles. The van der Waals surface area contributed by atoms with Gasteiger partial charge in [-0.3, -0.25) is 0 Å². The smallest absolute Gasteiger partial charge is 0.361 e. The Morgan fingerprint density at radius 1 is 1.23 bits per heavy atom. The van der Waals surface area contributed by atoms with Gasteiger partial charge in [-0.25, -0.2) is 0 Å². The minimum Gasteiger partial charge on any atom is -0.361 e. The first-order valence-electron chi connectivity index (χ1n) is 6.29. The van der Waals surface area contributed by atoms with E-state index < -0.39 is 11.7 Å². The number of halogens is 3. The summed E-state index contributed by atoms with van der Waals surface area (Å²) in [6.07, 6.45) is -4.41. The van der Waals surface area contributed by atoms with Crippen molar-refractivity contribution in [3.63, 3.8) is 0 Å². The lowest BCUT2D eigenvalue weighted by Gasteiger charge is -2.06. The summed E-state index contributed by atoms with van der Waals surface area (Å²) in [5, 5.41) is 15.4. The molecule has 3 aromatic rings. The van der Waals surface area contributed by atoms with E-state index in [1.165, 1.54) is 16.9 Å². The molecule has 0 spiro atoms. The van der Waals surface area contributed by atoms with Crippen molar-refractivity contribution in [2.45, 2.75) is 19.6 Å². The summed E-state index contributed by atoms with van der Waals surface area (Å²) < 4.78 is 43.0. The summed E-state index contributed by atoms with van der Waals surface area (Å²) in [6, 6.07) is 6.50. The Hall–Kier alpha value is -2.71. The van der Waals surface area contributed by atoms with Crippen LogP contribution in [0.5, 0.6) is 0 Å². The van der Waals surface area contributed by atoms with Crippen LogP contribution in [0, 0.1) is 6.92 Å². The number of alkyl halides is 3. The topological polar surface area (TPSA) is 69.6 Å². The third kappa shape index (κ3) is 2.97. The Balaban J connectivity index is 1.84. The van der Waals surface area contributed by atoms with Crippen LogP contribution in [0.15, 0.2) is 34.9 Å². The fourth-order valence-electron chi connectivity index (χ4n) is 1.90. The number of aryl methyl sites for hydroxylation is 1. The van der Waals surface area contributed by atoms with Crippen LogP contribution in [0.4, 0.5) is 13.2 Å². The summed E-state index contributed by atoms with van der Waals surface area (Å²) in [7, 11) is 0. The lowest BCUT2D eigenvalue weighted by Crippen LogP contribution is -2.05. The monoisotopic (exact) mass is 309 g/mol. The number of nitrogens with zero attached hydrogens (tertiary/aromatic N) is 5. The molecule has 0 saturated carbocycles. The molecule has 0 N–H and O–H groups in total. The van der Waals surface area contributed by atoms with Crippen molar-refractivity contribution in [1.29, 1.82) is 0 Å². The van der Waals surface area contributed by atoms with E-state index in [2.05, 4.69) is 20.6 Å². The number of hydrogen-bond acceptors (Lipinski definition) is 5. The van der Waals surface area contributed by atoms with E-state index in [-0.39, 0.29) is 17.9 Å². The maximum Gasteiger partial charge on any atom is 0.416 e. The van der Waals surface area contributed by atoms with Gasteiger partial charge in [0.1, 0.15) is 18.0 Å². The molecule has 0 fully saturated rings. The van der Waals surface area contributed by atoms with Gasteiger partial charge in [-0.1, -0.05) is 17.3 Å². The molecule has 6 nitrogen and oxygen atoms in total. The summed E-state index contributed by atoms with van der Waals surface area (Å²) in [5.41, 5.74) is 0.0939. The van der Waals surface area contributed by atoms with Crippen molar-refractivity contribution in [3.8, 4) is 11.4 Å². The molecular formula is C13H10F3N5O. The lowest BCUT2D eigenvalue weighted by atomic mass is 10.1. The maximum absolute atomic E-state index is 12.7. The molecular weight excluding hydrogens is 299 g/mol. The summed E-state index contributed by atoms with van der Waals surface area (Å²) in [6.45, 7) is 1.97. The number of hydrogen-bond donors (Lipinski definition) is 0. The van der Waals surface area contributed by atoms with Crippen LogP contribution < -0.4 is 0 Å². The van der Waals surface area contributed by atoms with Crippen molar-refractivity contribution in [2.75, 3.05) is 0 Å².